The van der Waals surface area contributed by atoms with Crippen LogP contribution in [0, 0.1) is 0 Å². The third-order valence-corrected chi connectivity index (χ3v) is 5.68. The fourth-order valence-electron chi connectivity index (χ4n) is 3.85. The minimum Gasteiger partial charge on any atom is -0.439 e. The summed E-state index contributed by atoms with van der Waals surface area (Å²) >= 11 is 5.93. The van der Waals surface area contributed by atoms with E-state index in [1.165, 1.54) is 4.68 Å². The molecule has 0 saturated carbocycles. The van der Waals surface area contributed by atoms with Gasteiger partial charge in [-0.3, -0.25) is 9.59 Å². The van der Waals surface area contributed by atoms with Crippen LogP contribution in [-0.4, -0.2) is 15.3 Å². The molecule has 0 saturated heterocycles. The number of carbonyl (C=O) groups is 1. The first-order valence-electron chi connectivity index (χ1n) is 10.3. The predicted octanol–water partition coefficient (Wildman–Crippen LogP) is 4.31. The van der Waals surface area contributed by atoms with Crippen molar-refractivity contribution in [1.29, 1.82) is 0 Å². The van der Waals surface area contributed by atoms with Crippen molar-refractivity contribution < 1.29 is 9.53 Å². The highest BCUT2D eigenvalue weighted by Crippen LogP contribution is 2.35. The average Bonchev–Trinajstić information content (AvgIpc) is 3.08. The molecule has 6 nitrogen and oxygen atoms in total. The number of fused-ring (bicyclic) bond motifs is 2. The molecule has 0 unspecified atom stereocenters. The van der Waals surface area contributed by atoms with E-state index in [0.717, 1.165) is 11.1 Å². The quantitative estimate of drug-likeness (QED) is 0.438. The van der Waals surface area contributed by atoms with Crippen LogP contribution in [0.3, 0.4) is 0 Å². The molecule has 1 amide bonds. The summed E-state index contributed by atoms with van der Waals surface area (Å²) in [4.78, 5) is 26.2. The van der Waals surface area contributed by atoms with Crippen LogP contribution in [0.5, 0.6) is 11.6 Å². The Balaban J connectivity index is 1.49. The van der Waals surface area contributed by atoms with Crippen molar-refractivity contribution in [1.82, 2.24) is 14.7 Å². The highest BCUT2D eigenvalue weighted by Gasteiger charge is 2.28. The molecule has 1 N–H and O–H groups in total. The number of halogens is 1. The second-order valence-electron chi connectivity index (χ2n) is 7.58. The minimum absolute atomic E-state index is 0.0603. The SMILES string of the molecule is O=C(Cn1c2c(c(=O)n1-c1ccccc1)Cc1ccccc1O2)NCc1ccc(Cl)cc1. The molecule has 0 radical (unpaired) electrons. The van der Waals surface area contributed by atoms with Crippen LogP contribution < -0.4 is 15.6 Å². The van der Waals surface area contributed by atoms with Crippen molar-refractivity contribution >= 4 is 17.5 Å². The maximum absolute atomic E-state index is 13.4. The molecule has 4 aromatic rings. The van der Waals surface area contributed by atoms with E-state index in [0.29, 0.717) is 40.9 Å². The number of benzene rings is 3. The van der Waals surface area contributed by atoms with Crippen molar-refractivity contribution in [2.24, 2.45) is 0 Å². The molecule has 0 atom stereocenters. The van der Waals surface area contributed by atoms with Crippen molar-refractivity contribution in [2.45, 2.75) is 19.5 Å². The molecule has 3 aromatic carbocycles. The number of hydrogen-bond acceptors (Lipinski definition) is 3. The summed E-state index contributed by atoms with van der Waals surface area (Å²) in [5.41, 5.74) is 2.90. The minimum atomic E-state index is -0.232. The van der Waals surface area contributed by atoms with Gasteiger partial charge in [0.2, 0.25) is 11.8 Å². The van der Waals surface area contributed by atoms with E-state index in [1.54, 1.807) is 16.8 Å². The van der Waals surface area contributed by atoms with Crippen LogP contribution in [-0.2, 0) is 24.3 Å². The maximum atomic E-state index is 13.4. The number of nitrogens with one attached hydrogen (secondary N) is 1. The Morgan fingerprint density at radius 1 is 0.969 bits per heavy atom. The lowest BCUT2D eigenvalue weighted by Crippen LogP contribution is -2.31. The summed E-state index contributed by atoms with van der Waals surface area (Å²) in [6.07, 6.45) is 0.455. The number of aromatic nitrogens is 2. The van der Waals surface area contributed by atoms with Crippen molar-refractivity contribution in [3.05, 3.63) is 111 Å². The summed E-state index contributed by atoms with van der Waals surface area (Å²) in [6, 6.07) is 24.2. The largest absolute Gasteiger partial charge is 0.439 e. The monoisotopic (exact) mass is 445 g/mol. The summed E-state index contributed by atoms with van der Waals surface area (Å²) in [6.45, 7) is 0.300. The van der Waals surface area contributed by atoms with Crippen LogP contribution in [0.15, 0.2) is 83.7 Å². The van der Waals surface area contributed by atoms with Gasteiger partial charge >= 0.3 is 0 Å². The molecule has 1 aliphatic rings. The summed E-state index contributed by atoms with van der Waals surface area (Å²) in [7, 11) is 0. The predicted molar refractivity (Wildman–Crippen MR) is 123 cm³/mol. The number of para-hydroxylation sites is 2. The van der Waals surface area contributed by atoms with Gasteiger partial charge in [-0.15, -0.1) is 0 Å². The van der Waals surface area contributed by atoms with Gasteiger partial charge in [0.1, 0.15) is 12.3 Å². The first-order chi connectivity index (χ1) is 15.6. The zero-order valence-electron chi connectivity index (χ0n) is 17.1. The molecule has 1 aliphatic heterocycles. The number of carbonyl (C=O) groups excluding carboxylic acids is 1. The maximum Gasteiger partial charge on any atom is 0.278 e. The second kappa shape index (κ2) is 8.40. The van der Waals surface area contributed by atoms with E-state index >= 15 is 0 Å². The van der Waals surface area contributed by atoms with Crippen LogP contribution in [0.2, 0.25) is 5.02 Å². The normalized spacial score (nSPS) is 11.9. The fraction of sp³-hybridized carbons (Fsp3) is 0.120. The lowest BCUT2D eigenvalue weighted by atomic mass is 10.0. The van der Waals surface area contributed by atoms with Crippen molar-refractivity contribution in [3.63, 3.8) is 0 Å². The van der Waals surface area contributed by atoms with Gasteiger partial charge in [0, 0.05) is 18.0 Å². The van der Waals surface area contributed by atoms with Gasteiger partial charge in [-0.2, -0.15) is 0 Å². The van der Waals surface area contributed by atoms with E-state index in [2.05, 4.69) is 5.32 Å². The third-order valence-electron chi connectivity index (χ3n) is 5.43. The Labute approximate surface area is 189 Å². The zero-order chi connectivity index (χ0) is 22.1. The summed E-state index contributed by atoms with van der Waals surface area (Å²) < 4.78 is 9.24. The van der Waals surface area contributed by atoms with Gasteiger partial charge in [0.05, 0.1) is 11.3 Å². The number of hydrogen-bond donors (Lipinski definition) is 1. The second-order valence-corrected chi connectivity index (χ2v) is 8.02. The van der Waals surface area contributed by atoms with Crippen LogP contribution in [0.25, 0.3) is 5.69 Å². The molecular formula is C25H20ClN3O3. The van der Waals surface area contributed by atoms with E-state index < -0.39 is 0 Å². The first kappa shape index (κ1) is 20.2. The topological polar surface area (TPSA) is 65.3 Å². The summed E-state index contributed by atoms with van der Waals surface area (Å²) in [5, 5.41) is 3.55. The number of rotatable bonds is 5. The van der Waals surface area contributed by atoms with Crippen LogP contribution in [0.4, 0.5) is 0 Å². The van der Waals surface area contributed by atoms with Crippen molar-refractivity contribution in [3.8, 4) is 17.3 Å². The van der Waals surface area contributed by atoms with Gasteiger partial charge in [0.25, 0.3) is 5.56 Å². The lowest BCUT2D eigenvalue weighted by molar-refractivity contribution is -0.122. The molecule has 32 heavy (non-hydrogen) atoms. The number of amides is 1. The highest BCUT2D eigenvalue weighted by molar-refractivity contribution is 6.30. The van der Waals surface area contributed by atoms with Crippen LogP contribution in [0.1, 0.15) is 16.7 Å². The van der Waals surface area contributed by atoms with E-state index in [4.69, 9.17) is 16.3 Å². The fourth-order valence-corrected chi connectivity index (χ4v) is 3.97. The van der Waals surface area contributed by atoms with Gasteiger partial charge in [0.15, 0.2) is 0 Å². The van der Waals surface area contributed by atoms with E-state index in [-0.39, 0.29) is 18.0 Å². The standard InChI is InChI=1S/C25H20ClN3O3/c26-19-12-10-17(11-13-19)15-27-23(30)16-28-25-21(14-18-6-4-5-9-22(18)32-25)24(31)29(28)20-7-2-1-3-8-20/h1-13H,14-16H2,(H,27,30). The Morgan fingerprint density at radius 3 is 2.47 bits per heavy atom. The Morgan fingerprint density at radius 2 is 1.69 bits per heavy atom. The van der Waals surface area contributed by atoms with Crippen LogP contribution >= 0.6 is 11.6 Å². The van der Waals surface area contributed by atoms with E-state index in [1.807, 2.05) is 66.7 Å². The molecule has 7 heteroatoms. The first-order valence-corrected chi connectivity index (χ1v) is 10.6. The molecule has 160 valence electrons. The number of nitrogens with zero attached hydrogens (tertiary/aromatic N) is 2. The van der Waals surface area contributed by atoms with Gasteiger partial charge in [-0.25, -0.2) is 9.36 Å². The molecule has 0 aliphatic carbocycles. The molecule has 0 bridgehead atoms. The molecule has 0 spiro atoms. The van der Waals surface area contributed by atoms with Crippen molar-refractivity contribution in [2.75, 3.05) is 0 Å². The number of ether oxygens (including phenoxy) is 1. The highest BCUT2D eigenvalue weighted by atomic mass is 35.5. The average molecular weight is 446 g/mol. The zero-order valence-corrected chi connectivity index (χ0v) is 17.9. The van der Waals surface area contributed by atoms with Gasteiger partial charge in [-0.05, 0) is 41.5 Å². The molecular weight excluding hydrogens is 426 g/mol. The molecule has 1 aromatic heterocycles. The van der Waals surface area contributed by atoms with Gasteiger partial charge < -0.3 is 10.1 Å². The van der Waals surface area contributed by atoms with Gasteiger partial charge in [-0.1, -0.05) is 60.1 Å². The third kappa shape index (κ3) is 3.81. The Hall–Kier alpha value is -3.77. The smallest absolute Gasteiger partial charge is 0.278 e. The molecule has 0 fully saturated rings. The molecule has 5 rings (SSSR count). The Kier molecular flexibility index (Phi) is 5.29. The molecule has 2 heterocycles. The van der Waals surface area contributed by atoms with E-state index in [9.17, 15) is 9.59 Å². The summed E-state index contributed by atoms with van der Waals surface area (Å²) in [5.74, 6) is 0.865. The lowest BCUT2D eigenvalue weighted by Gasteiger charge is -2.19. The Bertz CT molecular complexity index is 1340.